The van der Waals surface area contributed by atoms with Gasteiger partial charge < -0.3 is 0 Å². The molecule has 148 valence electrons. The summed E-state index contributed by atoms with van der Waals surface area (Å²) in [6, 6.07) is -0.791. The maximum atomic E-state index is 12.9. The van der Waals surface area contributed by atoms with Crippen molar-refractivity contribution in [2.24, 2.45) is 0 Å². The van der Waals surface area contributed by atoms with Crippen LogP contribution in [0.5, 0.6) is 0 Å². The monoisotopic (exact) mass is 397 g/mol. The number of anilines is 1. The lowest BCUT2D eigenvalue weighted by Gasteiger charge is -2.49. The molecule has 3 atom stereocenters. The number of hydrogen-bond acceptors (Lipinski definition) is 5. The van der Waals surface area contributed by atoms with Crippen molar-refractivity contribution in [1.82, 2.24) is 19.4 Å². The largest absolute Gasteiger partial charge is 0.355 e. The number of hydrazine groups is 1. The van der Waals surface area contributed by atoms with Gasteiger partial charge in [-0.2, -0.15) is 5.01 Å². The van der Waals surface area contributed by atoms with E-state index in [0.29, 0.717) is 19.3 Å². The van der Waals surface area contributed by atoms with Crippen LogP contribution in [0.15, 0.2) is 4.79 Å². The first-order chi connectivity index (χ1) is 12.8. The van der Waals surface area contributed by atoms with Crippen LogP contribution in [0.25, 0.3) is 0 Å². The summed E-state index contributed by atoms with van der Waals surface area (Å²) in [7, 11) is 0. The number of alkyl halides is 1. The minimum atomic E-state index is -0.572. The van der Waals surface area contributed by atoms with Gasteiger partial charge in [0, 0.05) is 24.6 Å². The smallest absolute Gasteiger partial charge is 0.273 e. The maximum absolute atomic E-state index is 12.9. The van der Waals surface area contributed by atoms with Gasteiger partial charge >= 0.3 is 5.69 Å². The molecule has 1 aliphatic heterocycles. The van der Waals surface area contributed by atoms with Crippen molar-refractivity contribution in [2.45, 2.75) is 76.8 Å². The van der Waals surface area contributed by atoms with Crippen LogP contribution in [0.1, 0.15) is 70.1 Å². The van der Waals surface area contributed by atoms with Crippen molar-refractivity contribution in [1.29, 1.82) is 0 Å². The molecule has 0 aromatic carbocycles. The number of carbonyl (C=O) groups is 3. The molecule has 0 spiro atoms. The van der Waals surface area contributed by atoms with Gasteiger partial charge in [-0.15, -0.1) is 21.4 Å². The van der Waals surface area contributed by atoms with Crippen molar-refractivity contribution in [3.05, 3.63) is 10.5 Å². The van der Waals surface area contributed by atoms with Crippen LogP contribution in [0.2, 0.25) is 0 Å². The molecule has 2 amide bonds. The second-order valence-corrected chi connectivity index (χ2v) is 7.42. The van der Waals surface area contributed by atoms with Crippen molar-refractivity contribution >= 4 is 35.3 Å². The zero-order valence-corrected chi connectivity index (χ0v) is 16.5. The number of hydrogen-bond donors (Lipinski definition) is 0. The molecule has 2 heterocycles. The molecular weight excluding hydrogens is 374 g/mol. The Morgan fingerprint density at radius 1 is 1.00 bits per heavy atom. The zero-order valence-electron chi connectivity index (χ0n) is 15.7. The highest BCUT2D eigenvalue weighted by atomic mass is 35.5. The zero-order chi connectivity index (χ0) is 19.9. The molecule has 0 saturated heterocycles. The molecule has 0 bridgehead atoms. The Kier molecular flexibility index (Phi) is 5.41. The minimum Gasteiger partial charge on any atom is -0.273 e. The molecule has 10 heteroatoms. The summed E-state index contributed by atoms with van der Waals surface area (Å²) < 4.78 is 2.20. The van der Waals surface area contributed by atoms with Gasteiger partial charge in [0.25, 0.3) is 11.9 Å². The molecule has 27 heavy (non-hydrogen) atoms. The van der Waals surface area contributed by atoms with E-state index in [1.807, 2.05) is 0 Å². The van der Waals surface area contributed by atoms with Crippen LogP contribution in [0, 0.1) is 0 Å². The molecular formula is C17H24ClN5O4. The van der Waals surface area contributed by atoms with Crippen LogP contribution < -0.4 is 10.7 Å². The van der Waals surface area contributed by atoms with Crippen LogP contribution in [-0.2, 0) is 9.59 Å². The highest BCUT2D eigenvalue weighted by molar-refractivity contribution is 6.20. The number of rotatable bonds is 3. The van der Waals surface area contributed by atoms with Crippen LogP contribution >= 0.6 is 11.6 Å². The summed E-state index contributed by atoms with van der Waals surface area (Å²) in [6.07, 6.45) is 2.13. The molecule has 1 fully saturated rings. The maximum Gasteiger partial charge on any atom is 0.355 e. The number of fused-ring (bicyclic) bond motifs is 3. The minimum absolute atomic E-state index is 0.0322. The Labute approximate surface area is 161 Å². The fraction of sp³-hybridized carbons (Fsp3) is 0.706. The normalized spacial score (nSPS) is 24.4. The third-order valence-corrected chi connectivity index (χ3v) is 5.59. The number of nitrogens with zero attached hydrogens (tertiary/aromatic N) is 5. The summed E-state index contributed by atoms with van der Waals surface area (Å²) in [5.41, 5.74) is -0.572. The van der Waals surface area contributed by atoms with Gasteiger partial charge in [-0.05, 0) is 19.3 Å². The molecule has 2 aliphatic rings. The van der Waals surface area contributed by atoms with Crippen molar-refractivity contribution in [3.8, 4) is 0 Å². The van der Waals surface area contributed by atoms with Crippen molar-refractivity contribution < 1.29 is 14.4 Å². The average molecular weight is 398 g/mol. The molecule has 1 aromatic rings. The summed E-state index contributed by atoms with van der Waals surface area (Å²) in [6.45, 7) is 5.02. The summed E-state index contributed by atoms with van der Waals surface area (Å²) in [5, 5.41) is 6.57. The van der Waals surface area contributed by atoms with Gasteiger partial charge in [0.1, 0.15) is 0 Å². The van der Waals surface area contributed by atoms with Crippen LogP contribution in [0.3, 0.4) is 0 Å². The molecule has 0 radical (unpaired) electrons. The van der Waals surface area contributed by atoms with E-state index in [2.05, 4.69) is 5.10 Å². The number of halogens is 1. The Hall–Kier alpha value is -2.16. The predicted octanol–water partition coefficient (Wildman–Crippen LogP) is 1.71. The molecule has 1 aromatic heterocycles. The molecule has 3 unspecified atom stereocenters. The SMILES string of the molecule is CCC(=O)N1c2nn(C(=O)CC)c(=O)n2C2CCC(Cl)CC2N1C(=O)CC. The second-order valence-electron chi connectivity index (χ2n) is 6.81. The van der Waals surface area contributed by atoms with E-state index < -0.39 is 17.6 Å². The topological polar surface area (TPSA) is 97.5 Å². The van der Waals surface area contributed by atoms with E-state index in [4.69, 9.17) is 11.6 Å². The van der Waals surface area contributed by atoms with E-state index >= 15 is 0 Å². The van der Waals surface area contributed by atoms with Gasteiger partial charge in [-0.25, -0.2) is 9.80 Å². The second kappa shape index (κ2) is 7.46. The van der Waals surface area contributed by atoms with Gasteiger partial charge in [-0.3, -0.25) is 19.0 Å². The fourth-order valence-electron chi connectivity index (χ4n) is 3.84. The molecule has 1 saturated carbocycles. The Bertz CT molecular complexity index is 832. The third kappa shape index (κ3) is 3.07. The molecule has 0 N–H and O–H groups in total. The Morgan fingerprint density at radius 3 is 2.22 bits per heavy atom. The van der Waals surface area contributed by atoms with Gasteiger partial charge in [0.05, 0.1) is 12.1 Å². The first kappa shape index (κ1) is 19.6. The van der Waals surface area contributed by atoms with E-state index in [0.717, 1.165) is 4.68 Å². The van der Waals surface area contributed by atoms with E-state index in [1.54, 1.807) is 20.8 Å². The number of carbonyl (C=O) groups excluding carboxylic acids is 3. The highest BCUT2D eigenvalue weighted by Crippen LogP contribution is 2.41. The first-order valence-electron chi connectivity index (χ1n) is 9.39. The van der Waals surface area contributed by atoms with Gasteiger partial charge in [0.2, 0.25) is 11.8 Å². The number of aromatic nitrogens is 3. The lowest BCUT2D eigenvalue weighted by molar-refractivity contribution is -0.142. The van der Waals surface area contributed by atoms with Crippen molar-refractivity contribution in [2.75, 3.05) is 5.01 Å². The lowest BCUT2D eigenvalue weighted by Crippen LogP contribution is -2.63. The average Bonchev–Trinajstić information content (AvgIpc) is 3.02. The van der Waals surface area contributed by atoms with Gasteiger partial charge in [-0.1, -0.05) is 20.8 Å². The first-order valence-corrected chi connectivity index (χ1v) is 9.82. The third-order valence-electron chi connectivity index (χ3n) is 5.20. The van der Waals surface area contributed by atoms with Gasteiger partial charge in [0.15, 0.2) is 0 Å². The molecule has 1 aliphatic carbocycles. The quantitative estimate of drug-likeness (QED) is 0.723. The fourth-order valence-corrected chi connectivity index (χ4v) is 4.15. The highest BCUT2D eigenvalue weighted by Gasteiger charge is 2.48. The van der Waals surface area contributed by atoms with E-state index in [9.17, 15) is 19.2 Å². The van der Waals surface area contributed by atoms with Crippen LogP contribution in [0.4, 0.5) is 5.95 Å². The summed E-state index contributed by atoms with van der Waals surface area (Å²) >= 11 is 6.35. The molecule has 9 nitrogen and oxygen atoms in total. The number of amides is 2. The van der Waals surface area contributed by atoms with Crippen LogP contribution in [-0.4, -0.2) is 48.5 Å². The van der Waals surface area contributed by atoms with E-state index in [1.165, 1.54) is 14.6 Å². The van der Waals surface area contributed by atoms with E-state index in [-0.39, 0.29) is 48.4 Å². The lowest BCUT2D eigenvalue weighted by atomic mass is 9.88. The standard InChI is InChI=1S/C17H24ClN5O4/c1-4-13(24)21-17(27)20-11-8-7-10(18)9-12(11)22(14(25)5-2)23(15(26)6-3)16(20)19-21/h10-12H,4-9H2,1-3H3. The molecule has 3 rings (SSSR count). The Morgan fingerprint density at radius 2 is 1.63 bits per heavy atom. The van der Waals surface area contributed by atoms with Crippen molar-refractivity contribution in [3.63, 3.8) is 0 Å². The summed E-state index contributed by atoms with van der Waals surface area (Å²) in [4.78, 5) is 50.6. The Balaban J connectivity index is 2.25. The predicted molar refractivity (Wildman–Crippen MR) is 98.6 cm³/mol. The summed E-state index contributed by atoms with van der Waals surface area (Å²) in [5.74, 6) is -1.03.